The molecule has 0 saturated heterocycles. The minimum atomic E-state index is -0.0442. The first kappa shape index (κ1) is 10.0. The van der Waals surface area contributed by atoms with Gasteiger partial charge in [-0.15, -0.1) is 6.58 Å². The SMILES string of the molecule is C=CCSCCC(N)CO. The lowest BCUT2D eigenvalue weighted by molar-refractivity contribution is 0.264. The zero-order valence-electron chi connectivity index (χ0n) is 6.12. The van der Waals surface area contributed by atoms with E-state index in [0.29, 0.717) is 0 Å². The summed E-state index contributed by atoms with van der Waals surface area (Å²) in [6.45, 7) is 3.69. The van der Waals surface area contributed by atoms with Crippen LogP contribution >= 0.6 is 11.8 Å². The van der Waals surface area contributed by atoms with E-state index in [4.69, 9.17) is 10.8 Å². The van der Waals surface area contributed by atoms with Crippen molar-refractivity contribution in [2.75, 3.05) is 18.1 Å². The summed E-state index contributed by atoms with van der Waals surface area (Å²) in [6, 6.07) is -0.0442. The summed E-state index contributed by atoms with van der Waals surface area (Å²) in [5.41, 5.74) is 5.47. The Morgan fingerprint density at radius 1 is 1.70 bits per heavy atom. The van der Waals surface area contributed by atoms with Crippen molar-refractivity contribution in [1.29, 1.82) is 0 Å². The molecule has 0 aromatic carbocycles. The average molecular weight is 161 g/mol. The lowest BCUT2D eigenvalue weighted by Crippen LogP contribution is -2.24. The van der Waals surface area contributed by atoms with Crippen LogP contribution in [0, 0.1) is 0 Å². The monoisotopic (exact) mass is 161 g/mol. The highest BCUT2D eigenvalue weighted by molar-refractivity contribution is 7.99. The lowest BCUT2D eigenvalue weighted by Gasteiger charge is -2.05. The largest absolute Gasteiger partial charge is 0.395 e. The van der Waals surface area contributed by atoms with Gasteiger partial charge in [-0.05, 0) is 12.2 Å². The molecule has 0 spiro atoms. The van der Waals surface area contributed by atoms with Crippen molar-refractivity contribution < 1.29 is 5.11 Å². The van der Waals surface area contributed by atoms with Gasteiger partial charge in [-0.1, -0.05) is 6.08 Å². The molecule has 0 rings (SSSR count). The zero-order chi connectivity index (χ0) is 7.82. The van der Waals surface area contributed by atoms with E-state index >= 15 is 0 Å². The van der Waals surface area contributed by atoms with Crippen molar-refractivity contribution in [2.24, 2.45) is 5.73 Å². The van der Waals surface area contributed by atoms with Gasteiger partial charge < -0.3 is 10.8 Å². The number of thioether (sulfide) groups is 1. The van der Waals surface area contributed by atoms with Crippen LogP contribution in [0.1, 0.15) is 6.42 Å². The third-order valence-electron chi connectivity index (χ3n) is 1.10. The summed E-state index contributed by atoms with van der Waals surface area (Å²) in [6.07, 6.45) is 2.75. The molecule has 0 radical (unpaired) electrons. The van der Waals surface area contributed by atoms with Gasteiger partial charge in [-0.2, -0.15) is 11.8 Å². The minimum Gasteiger partial charge on any atom is -0.395 e. The maximum atomic E-state index is 8.54. The molecule has 1 atom stereocenters. The molecular formula is C7H15NOS. The second-order valence-corrected chi connectivity index (χ2v) is 3.24. The third-order valence-corrected chi connectivity index (χ3v) is 2.10. The maximum Gasteiger partial charge on any atom is 0.0582 e. The van der Waals surface area contributed by atoms with Gasteiger partial charge in [0.1, 0.15) is 0 Å². The fourth-order valence-corrected chi connectivity index (χ4v) is 1.30. The van der Waals surface area contributed by atoms with Crippen LogP contribution in [0.4, 0.5) is 0 Å². The second kappa shape index (κ2) is 7.12. The van der Waals surface area contributed by atoms with Crippen LogP contribution in [-0.4, -0.2) is 29.3 Å². The normalized spacial score (nSPS) is 13.0. The smallest absolute Gasteiger partial charge is 0.0582 e. The number of aliphatic hydroxyl groups is 1. The van der Waals surface area contributed by atoms with Crippen molar-refractivity contribution in [3.8, 4) is 0 Å². The van der Waals surface area contributed by atoms with Gasteiger partial charge in [0.2, 0.25) is 0 Å². The van der Waals surface area contributed by atoms with Gasteiger partial charge >= 0.3 is 0 Å². The van der Waals surface area contributed by atoms with Crippen molar-refractivity contribution >= 4 is 11.8 Å². The van der Waals surface area contributed by atoms with Gasteiger partial charge in [0.15, 0.2) is 0 Å². The van der Waals surface area contributed by atoms with E-state index in [1.165, 1.54) is 0 Å². The Bertz CT molecular complexity index is 87.7. The Kier molecular flexibility index (Phi) is 7.13. The summed E-state index contributed by atoms with van der Waals surface area (Å²) in [5, 5.41) is 8.54. The minimum absolute atomic E-state index is 0.0442. The molecule has 0 aliphatic rings. The number of aliphatic hydroxyl groups excluding tert-OH is 1. The molecule has 0 amide bonds. The van der Waals surface area contributed by atoms with Crippen molar-refractivity contribution in [3.05, 3.63) is 12.7 Å². The number of hydrogen-bond acceptors (Lipinski definition) is 3. The molecule has 0 heterocycles. The van der Waals surface area contributed by atoms with Crippen molar-refractivity contribution in [1.82, 2.24) is 0 Å². The van der Waals surface area contributed by atoms with Crippen LogP contribution < -0.4 is 5.73 Å². The summed E-state index contributed by atoms with van der Waals surface area (Å²) in [7, 11) is 0. The van der Waals surface area contributed by atoms with Crippen LogP contribution in [0.15, 0.2) is 12.7 Å². The fourth-order valence-electron chi connectivity index (χ4n) is 0.493. The molecule has 60 valence electrons. The second-order valence-electron chi connectivity index (χ2n) is 2.09. The molecular weight excluding hydrogens is 146 g/mol. The first-order valence-electron chi connectivity index (χ1n) is 3.36. The highest BCUT2D eigenvalue weighted by atomic mass is 32.2. The fraction of sp³-hybridized carbons (Fsp3) is 0.714. The molecule has 0 bridgehead atoms. The van der Waals surface area contributed by atoms with Gasteiger partial charge in [-0.3, -0.25) is 0 Å². The quantitative estimate of drug-likeness (QED) is 0.443. The van der Waals surface area contributed by atoms with Crippen LogP contribution in [0.25, 0.3) is 0 Å². The molecule has 0 saturated carbocycles. The molecule has 0 aliphatic heterocycles. The van der Waals surface area contributed by atoms with Crippen LogP contribution in [0.5, 0.6) is 0 Å². The van der Waals surface area contributed by atoms with E-state index in [1.807, 2.05) is 6.08 Å². The first-order chi connectivity index (χ1) is 4.81. The Morgan fingerprint density at radius 3 is 2.90 bits per heavy atom. The molecule has 0 aromatic rings. The maximum absolute atomic E-state index is 8.54. The number of nitrogens with two attached hydrogens (primary N) is 1. The predicted octanol–water partition coefficient (Wildman–Crippen LogP) is 0.615. The Labute approximate surface area is 66.5 Å². The highest BCUT2D eigenvalue weighted by Crippen LogP contribution is 2.03. The standard InChI is InChI=1S/C7H15NOS/c1-2-4-10-5-3-7(8)6-9/h2,7,9H,1,3-6,8H2. The van der Waals surface area contributed by atoms with Crippen molar-refractivity contribution in [2.45, 2.75) is 12.5 Å². The molecule has 0 aromatic heterocycles. The van der Waals surface area contributed by atoms with E-state index in [0.717, 1.165) is 17.9 Å². The molecule has 3 N–H and O–H groups in total. The van der Waals surface area contributed by atoms with E-state index in [2.05, 4.69) is 6.58 Å². The van der Waals surface area contributed by atoms with E-state index in [1.54, 1.807) is 11.8 Å². The molecule has 0 fully saturated rings. The van der Waals surface area contributed by atoms with E-state index in [9.17, 15) is 0 Å². The third kappa shape index (κ3) is 6.13. The average Bonchev–Trinajstić information content (AvgIpc) is 1.98. The van der Waals surface area contributed by atoms with Crippen LogP contribution in [0.2, 0.25) is 0 Å². The van der Waals surface area contributed by atoms with Gasteiger partial charge in [0.25, 0.3) is 0 Å². The number of hydrogen-bond donors (Lipinski definition) is 2. The van der Waals surface area contributed by atoms with Gasteiger partial charge in [0, 0.05) is 11.8 Å². The molecule has 2 nitrogen and oxygen atoms in total. The Hall–Kier alpha value is 0.01000. The molecule has 3 heteroatoms. The Balaban J connectivity index is 2.95. The van der Waals surface area contributed by atoms with Crippen molar-refractivity contribution in [3.63, 3.8) is 0 Å². The highest BCUT2D eigenvalue weighted by Gasteiger charge is 1.97. The summed E-state index contributed by atoms with van der Waals surface area (Å²) in [4.78, 5) is 0. The molecule has 10 heavy (non-hydrogen) atoms. The Morgan fingerprint density at radius 2 is 2.40 bits per heavy atom. The molecule has 1 unspecified atom stereocenters. The topological polar surface area (TPSA) is 46.2 Å². The van der Waals surface area contributed by atoms with E-state index < -0.39 is 0 Å². The first-order valence-corrected chi connectivity index (χ1v) is 4.51. The van der Waals surface area contributed by atoms with Crippen LogP contribution in [-0.2, 0) is 0 Å². The number of rotatable bonds is 6. The van der Waals surface area contributed by atoms with E-state index in [-0.39, 0.29) is 12.6 Å². The summed E-state index contributed by atoms with van der Waals surface area (Å²) in [5.74, 6) is 1.98. The predicted molar refractivity (Wildman–Crippen MR) is 47.2 cm³/mol. The zero-order valence-corrected chi connectivity index (χ0v) is 6.94. The summed E-state index contributed by atoms with van der Waals surface area (Å²) >= 11 is 1.79. The molecule has 0 aliphatic carbocycles. The van der Waals surface area contributed by atoms with Gasteiger partial charge in [-0.25, -0.2) is 0 Å². The lowest BCUT2D eigenvalue weighted by atomic mass is 10.3. The van der Waals surface area contributed by atoms with Crippen LogP contribution in [0.3, 0.4) is 0 Å². The summed E-state index contributed by atoms with van der Waals surface area (Å²) < 4.78 is 0. The van der Waals surface area contributed by atoms with Gasteiger partial charge in [0.05, 0.1) is 6.61 Å².